The highest BCUT2D eigenvalue weighted by molar-refractivity contribution is 7.89. The Morgan fingerprint density at radius 2 is 1.72 bits per heavy atom. The molecule has 0 aliphatic carbocycles. The Morgan fingerprint density at radius 3 is 2.33 bits per heavy atom. The fourth-order valence-corrected chi connectivity index (χ4v) is 5.43. The summed E-state index contributed by atoms with van der Waals surface area (Å²) in [5.74, 6) is 0.188. The summed E-state index contributed by atoms with van der Waals surface area (Å²) in [6.45, 7) is 3.56. The Kier molecular flexibility index (Phi) is 9.40. The molecule has 2 aromatic carbocycles. The maximum absolute atomic E-state index is 13.8. The van der Waals surface area contributed by atoms with Crippen LogP contribution in [-0.2, 0) is 32.8 Å². The maximum atomic E-state index is 13.8. The smallest absolute Gasteiger partial charge is 0.262 e. The second-order valence-corrected chi connectivity index (χ2v) is 10.2. The van der Waals surface area contributed by atoms with Gasteiger partial charge in [0.05, 0.1) is 19.1 Å². The van der Waals surface area contributed by atoms with Crippen LogP contribution in [0.1, 0.15) is 25.0 Å². The van der Waals surface area contributed by atoms with Crippen molar-refractivity contribution in [3.05, 3.63) is 84.2 Å². The number of nitrogens with zero attached hydrogens (tertiary/aromatic N) is 2. The predicted octanol–water partition coefficient (Wildman–Crippen LogP) is 3.56. The van der Waals surface area contributed by atoms with Crippen molar-refractivity contribution in [2.24, 2.45) is 5.92 Å². The van der Waals surface area contributed by atoms with E-state index in [1.165, 1.54) is 23.5 Å². The van der Waals surface area contributed by atoms with Gasteiger partial charge >= 0.3 is 0 Å². The molecule has 9 nitrogen and oxygen atoms in total. The molecule has 0 bridgehead atoms. The summed E-state index contributed by atoms with van der Waals surface area (Å²) in [6.07, 6.45) is 3.17. The monoisotopic (exact) mass is 513 g/mol. The highest BCUT2D eigenvalue weighted by Crippen LogP contribution is 2.26. The number of benzene rings is 2. The SMILES string of the molecule is COc1ccc(S(=O)(=O)N(Cc2cccnc2)[C@@H](C(=O)NOCc2ccccc2OC)C(C)C)cc1. The molecule has 0 spiro atoms. The number of carbonyl (C=O) groups excluding carboxylic acids is 1. The maximum Gasteiger partial charge on any atom is 0.262 e. The molecule has 0 fully saturated rings. The number of hydroxylamine groups is 1. The van der Waals surface area contributed by atoms with Gasteiger partial charge in [-0.1, -0.05) is 38.1 Å². The van der Waals surface area contributed by atoms with Crippen molar-refractivity contribution in [2.75, 3.05) is 14.2 Å². The minimum atomic E-state index is -4.09. The average molecular weight is 514 g/mol. The number of methoxy groups -OCH3 is 2. The predicted molar refractivity (Wildman–Crippen MR) is 135 cm³/mol. The summed E-state index contributed by atoms with van der Waals surface area (Å²) >= 11 is 0. The number of hydrogen-bond acceptors (Lipinski definition) is 7. The first kappa shape index (κ1) is 27.1. The van der Waals surface area contributed by atoms with E-state index in [9.17, 15) is 13.2 Å². The van der Waals surface area contributed by atoms with Crippen LogP contribution in [0.15, 0.2) is 78.0 Å². The number of aromatic nitrogens is 1. The average Bonchev–Trinajstić information content (AvgIpc) is 2.89. The van der Waals surface area contributed by atoms with E-state index in [1.807, 2.05) is 18.2 Å². The number of sulfonamides is 1. The molecular weight excluding hydrogens is 482 g/mol. The number of para-hydroxylation sites is 1. The van der Waals surface area contributed by atoms with Gasteiger partial charge in [0, 0.05) is 24.5 Å². The second kappa shape index (κ2) is 12.5. The normalized spacial score (nSPS) is 12.4. The lowest BCUT2D eigenvalue weighted by Gasteiger charge is -2.32. The van der Waals surface area contributed by atoms with Gasteiger partial charge in [0.1, 0.15) is 24.1 Å². The summed E-state index contributed by atoms with van der Waals surface area (Å²) < 4.78 is 39.2. The Balaban J connectivity index is 1.89. The van der Waals surface area contributed by atoms with Gasteiger partial charge < -0.3 is 9.47 Å². The molecule has 0 aliphatic rings. The summed E-state index contributed by atoms with van der Waals surface area (Å²) in [5.41, 5.74) is 3.81. The Labute approximate surface area is 212 Å². The molecule has 1 aromatic heterocycles. The van der Waals surface area contributed by atoms with Crippen LogP contribution in [-0.4, -0.2) is 43.9 Å². The van der Waals surface area contributed by atoms with E-state index in [1.54, 1.807) is 63.7 Å². The zero-order chi connectivity index (χ0) is 26.1. The first-order valence-electron chi connectivity index (χ1n) is 11.4. The van der Waals surface area contributed by atoms with Gasteiger partial charge in [-0.25, -0.2) is 13.9 Å². The molecule has 0 unspecified atom stereocenters. The third-order valence-electron chi connectivity index (χ3n) is 5.53. The van der Waals surface area contributed by atoms with Gasteiger partial charge in [-0.2, -0.15) is 4.31 Å². The number of nitrogens with one attached hydrogen (secondary N) is 1. The fourth-order valence-electron chi connectivity index (χ4n) is 3.72. The minimum Gasteiger partial charge on any atom is -0.497 e. The van der Waals surface area contributed by atoms with Crippen molar-refractivity contribution in [1.29, 1.82) is 0 Å². The largest absolute Gasteiger partial charge is 0.497 e. The zero-order valence-corrected chi connectivity index (χ0v) is 21.6. The number of rotatable bonds is 12. The van der Waals surface area contributed by atoms with Crippen LogP contribution in [0, 0.1) is 5.92 Å². The van der Waals surface area contributed by atoms with E-state index in [2.05, 4.69) is 10.5 Å². The van der Waals surface area contributed by atoms with Gasteiger partial charge in [0.2, 0.25) is 10.0 Å². The number of hydrogen-bond donors (Lipinski definition) is 1. The summed E-state index contributed by atoms with van der Waals surface area (Å²) in [7, 11) is -1.04. The van der Waals surface area contributed by atoms with Crippen LogP contribution in [0.25, 0.3) is 0 Å². The van der Waals surface area contributed by atoms with Gasteiger partial charge in [-0.3, -0.25) is 14.6 Å². The molecule has 1 amide bonds. The van der Waals surface area contributed by atoms with Gasteiger partial charge in [0.25, 0.3) is 5.91 Å². The highest BCUT2D eigenvalue weighted by atomic mass is 32.2. The minimum absolute atomic E-state index is 0.0422. The summed E-state index contributed by atoms with van der Waals surface area (Å²) in [4.78, 5) is 22.9. The molecule has 0 aliphatic heterocycles. The van der Waals surface area contributed by atoms with Crippen LogP contribution < -0.4 is 15.0 Å². The van der Waals surface area contributed by atoms with Gasteiger partial charge in [0.15, 0.2) is 0 Å². The first-order chi connectivity index (χ1) is 17.3. The number of ether oxygens (including phenoxy) is 2. The van der Waals surface area contributed by atoms with E-state index in [4.69, 9.17) is 14.3 Å². The molecule has 36 heavy (non-hydrogen) atoms. The molecule has 1 N–H and O–H groups in total. The number of amides is 1. The lowest BCUT2D eigenvalue weighted by atomic mass is 10.0. The second-order valence-electron chi connectivity index (χ2n) is 8.34. The topological polar surface area (TPSA) is 107 Å². The van der Waals surface area contributed by atoms with Crippen LogP contribution in [0.3, 0.4) is 0 Å². The number of carbonyl (C=O) groups is 1. The van der Waals surface area contributed by atoms with Gasteiger partial charge in [-0.05, 0) is 47.9 Å². The summed E-state index contributed by atoms with van der Waals surface area (Å²) in [5, 5.41) is 0. The quantitative estimate of drug-likeness (QED) is 0.369. The van der Waals surface area contributed by atoms with Crippen molar-refractivity contribution in [3.8, 4) is 11.5 Å². The van der Waals surface area contributed by atoms with Crippen molar-refractivity contribution in [1.82, 2.24) is 14.8 Å². The number of pyridine rings is 1. The van der Waals surface area contributed by atoms with Crippen LogP contribution in [0.2, 0.25) is 0 Å². The molecule has 1 heterocycles. The van der Waals surface area contributed by atoms with Crippen molar-refractivity contribution in [2.45, 2.75) is 37.9 Å². The Bertz CT molecular complexity index is 1230. The van der Waals surface area contributed by atoms with E-state index < -0.39 is 22.0 Å². The zero-order valence-electron chi connectivity index (χ0n) is 20.7. The van der Waals surface area contributed by atoms with E-state index >= 15 is 0 Å². The Morgan fingerprint density at radius 1 is 1.00 bits per heavy atom. The lowest BCUT2D eigenvalue weighted by molar-refractivity contribution is -0.140. The van der Waals surface area contributed by atoms with E-state index in [-0.39, 0.29) is 24.0 Å². The first-order valence-corrected chi connectivity index (χ1v) is 12.8. The Hall–Kier alpha value is -3.47. The van der Waals surface area contributed by atoms with Crippen LogP contribution in [0.4, 0.5) is 0 Å². The molecule has 0 saturated heterocycles. The van der Waals surface area contributed by atoms with Crippen LogP contribution >= 0.6 is 0 Å². The lowest BCUT2D eigenvalue weighted by Crippen LogP contribution is -2.51. The molecular formula is C26H31N3O6S. The molecule has 192 valence electrons. The van der Waals surface area contributed by atoms with E-state index in [0.717, 1.165) is 5.56 Å². The highest BCUT2D eigenvalue weighted by Gasteiger charge is 2.38. The fraction of sp³-hybridized carbons (Fsp3) is 0.308. The van der Waals surface area contributed by atoms with Crippen molar-refractivity contribution < 1.29 is 27.5 Å². The molecule has 3 aromatic rings. The molecule has 10 heteroatoms. The molecule has 0 radical (unpaired) electrons. The standard InChI is InChI=1S/C26H31N3O6S/c1-19(2)25(26(30)28-35-18-21-9-5-6-10-24(21)34-4)29(17-20-8-7-15-27-16-20)36(31,32)23-13-11-22(33-3)12-14-23/h5-16,19,25H,17-18H2,1-4H3,(H,28,30)/t25-/m1/s1. The van der Waals surface area contributed by atoms with Crippen LogP contribution in [0.5, 0.6) is 11.5 Å². The summed E-state index contributed by atoms with van der Waals surface area (Å²) in [6, 6.07) is 15.7. The van der Waals surface area contributed by atoms with E-state index in [0.29, 0.717) is 17.1 Å². The van der Waals surface area contributed by atoms with Crippen molar-refractivity contribution >= 4 is 15.9 Å². The van der Waals surface area contributed by atoms with Gasteiger partial charge in [-0.15, -0.1) is 0 Å². The third kappa shape index (κ3) is 6.60. The molecule has 3 rings (SSSR count). The third-order valence-corrected chi connectivity index (χ3v) is 7.37. The molecule has 1 atom stereocenters. The molecule has 0 saturated carbocycles. The van der Waals surface area contributed by atoms with Crippen molar-refractivity contribution in [3.63, 3.8) is 0 Å².